The lowest BCUT2D eigenvalue weighted by Crippen LogP contribution is -2.53. The molecule has 3 aliphatic heterocycles. The maximum absolute atomic E-state index is 15.2. The number of nitrogens with zero attached hydrogens (tertiary/aromatic N) is 5. The summed E-state index contributed by atoms with van der Waals surface area (Å²) in [6, 6.07) is 29.6. The fourth-order valence-corrected chi connectivity index (χ4v) is 8.23. The minimum absolute atomic E-state index is 0. The Morgan fingerprint density at radius 3 is 2.28 bits per heavy atom. The number of aromatic hydroxyl groups is 1. The molecular formula is C44H40Cl2FN5O5. The highest BCUT2D eigenvalue weighted by molar-refractivity contribution is 6.31. The first kappa shape index (κ1) is 38.3. The van der Waals surface area contributed by atoms with Crippen molar-refractivity contribution in [3.8, 4) is 22.9 Å². The van der Waals surface area contributed by atoms with E-state index in [0.29, 0.717) is 57.1 Å². The molecule has 1 saturated heterocycles. The largest absolute Gasteiger partial charge is 0.508 e. The van der Waals surface area contributed by atoms with Crippen LogP contribution in [0.25, 0.3) is 16.6 Å². The molecule has 3 aliphatic rings. The molecule has 292 valence electrons. The van der Waals surface area contributed by atoms with Gasteiger partial charge >= 0.3 is 0 Å². The van der Waals surface area contributed by atoms with Crippen molar-refractivity contribution >= 4 is 58.1 Å². The number of likely N-dealkylation sites (N-methyl/N-ethyl adjacent to an activating group) is 1. The Hall–Kier alpha value is -5.59. The third-order valence-corrected chi connectivity index (χ3v) is 11.4. The SMILES string of the molecule is CN1CCN(C[C@@H]2Cc3ccccc3CN2C(=O)c2cc3c(cc2-n2cc(C(=O)N(c4ccc(O)cc4)c4ccc(F)c(Cl)c4)c4ccccc42)OCO3)CC1.Cl. The second-order valence-electron chi connectivity index (χ2n) is 14.6. The summed E-state index contributed by atoms with van der Waals surface area (Å²) in [5, 5.41) is 10.6. The molecule has 0 aliphatic carbocycles. The predicted octanol–water partition coefficient (Wildman–Crippen LogP) is 8.07. The van der Waals surface area contributed by atoms with Crippen molar-refractivity contribution in [3.05, 3.63) is 142 Å². The smallest absolute Gasteiger partial charge is 0.265 e. The van der Waals surface area contributed by atoms with Gasteiger partial charge in [-0.3, -0.25) is 19.4 Å². The van der Waals surface area contributed by atoms with Crippen LogP contribution in [-0.4, -0.2) is 88.8 Å². The molecule has 5 aromatic carbocycles. The standard InChI is InChI=1S/C44H39ClFN5O5.ClH/c1-47-16-18-48(19-17-47)25-32-20-28-6-2-3-7-29(28)24-49(32)43(53)35-22-41-42(56-27-55-41)23-40(35)50-26-36(34-8-4-5-9-39(34)50)44(54)51(30-10-13-33(52)14-11-30)31-12-15-38(46)37(45)21-31;/h2-15,21-23,26,32,52H,16-20,24-25,27H2,1H3;1H/t32-;/m0./s1. The minimum Gasteiger partial charge on any atom is -0.508 e. The monoisotopic (exact) mass is 807 g/mol. The number of para-hydroxylation sites is 1. The van der Waals surface area contributed by atoms with E-state index in [-0.39, 0.29) is 41.9 Å². The van der Waals surface area contributed by atoms with Gasteiger partial charge in [0.2, 0.25) is 6.79 Å². The van der Waals surface area contributed by atoms with E-state index in [9.17, 15) is 14.3 Å². The molecule has 0 radical (unpaired) electrons. The lowest BCUT2D eigenvalue weighted by atomic mass is 9.92. The summed E-state index contributed by atoms with van der Waals surface area (Å²) in [6.07, 6.45) is 2.47. The molecule has 13 heteroatoms. The summed E-state index contributed by atoms with van der Waals surface area (Å²) in [6.45, 7) is 5.05. The maximum atomic E-state index is 15.2. The fraction of sp³-hybridized carbons (Fsp3) is 0.227. The Balaban J connectivity index is 0.00000455. The van der Waals surface area contributed by atoms with E-state index in [1.807, 2.05) is 39.8 Å². The molecule has 1 N–H and O–H groups in total. The predicted molar refractivity (Wildman–Crippen MR) is 220 cm³/mol. The highest BCUT2D eigenvalue weighted by Crippen LogP contribution is 2.40. The molecule has 2 amide bonds. The quantitative estimate of drug-likeness (QED) is 0.175. The molecule has 0 unspecified atom stereocenters. The van der Waals surface area contributed by atoms with Crippen LogP contribution in [0.15, 0.2) is 109 Å². The number of phenolic OH excluding ortho intramolecular Hbond substituents is 1. The van der Waals surface area contributed by atoms with E-state index < -0.39 is 11.7 Å². The third kappa shape index (κ3) is 7.28. The van der Waals surface area contributed by atoms with Crippen molar-refractivity contribution in [2.75, 3.05) is 51.5 Å². The van der Waals surface area contributed by atoms with Crippen LogP contribution in [0, 0.1) is 5.82 Å². The number of phenols is 1. The number of hydrogen-bond acceptors (Lipinski definition) is 7. The summed E-state index contributed by atoms with van der Waals surface area (Å²) in [5.74, 6) is -0.200. The van der Waals surface area contributed by atoms with E-state index in [1.165, 1.54) is 40.8 Å². The average Bonchev–Trinajstić information content (AvgIpc) is 3.84. The number of ether oxygens (including phenoxy) is 2. The molecule has 1 fully saturated rings. The van der Waals surface area contributed by atoms with Crippen LogP contribution in [0.4, 0.5) is 15.8 Å². The first-order valence-electron chi connectivity index (χ1n) is 18.6. The lowest BCUT2D eigenvalue weighted by molar-refractivity contribution is 0.0535. The summed E-state index contributed by atoms with van der Waals surface area (Å²) in [5.41, 5.74) is 5.09. The van der Waals surface area contributed by atoms with Crippen molar-refractivity contribution in [2.45, 2.75) is 19.0 Å². The number of piperazine rings is 1. The number of hydrogen-bond donors (Lipinski definition) is 1. The maximum Gasteiger partial charge on any atom is 0.265 e. The molecular weight excluding hydrogens is 768 g/mol. The Morgan fingerprint density at radius 1 is 0.842 bits per heavy atom. The molecule has 0 bridgehead atoms. The highest BCUT2D eigenvalue weighted by Gasteiger charge is 2.35. The number of carbonyl (C=O) groups excluding carboxylic acids is 2. The van der Waals surface area contributed by atoms with Crippen LogP contribution >= 0.6 is 24.0 Å². The van der Waals surface area contributed by atoms with Gasteiger partial charge in [0, 0.05) is 68.6 Å². The topological polar surface area (TPSA) is 90.7 Å². The number of carbonyl (C=O) groups is 2. The van der Waals surface area contributed by atoms with Crippen LogP contribution < -0.4 is 14.4 Å². The van der Waals surface area contributed by atoms with Crippen molar-refractivity contribution in [3.63, 3.8) is 0 Å². The van der Waals surface area contributed by atoms with Gasteiger partial charge in [0.15, 0.2) is 11.5 Å². The van der Waals surface area contributed by atoms with Gasteiger partial charge in [0.1, 0.15) is 11.6 Å². The summed E-state index contributed by atoms with van der Waals surface area (Å²) >= 11 is 6.24. The van der Waals surface area contributed by atoms with Gasteiger partial charge in [-0.2, -0.15) is 0 Å². The number of benzene rings is 5. The molecule has 4 heterocycles. The number of anilines is 2. The molecule has 0 saturated carbocycles. The molecule has 1 aromatic heterocycles. The van der Waals surface area contributed by atoms with Crippen LogP contribution in [0.3, 0.4) is 0 Å². The van der Waals surface area contributed by atoms with Crippen molar-refractivity contribution < 1.29 is 28.6 Å². The second kappa shape index (κ2) is 15.7. The first-order valence-corrected chi connectivity index (χ1v) is 19.0. The van der Waals surface area contributed by atoms with E-state index >= 15 is 4.79 Å². The van der Waals surface area contributed by atoms with E-state index in [0.717, 1.165) is 44.7 Å². The van der Waals surface area contributed by atoms with Gasteiger partial charge in [-0.15, -0.1) is 12.4 Å². The number of halogens is 3. The third-order valence-electron chi connectivity index (χ3n) is 11.1. The van der Waals surface area contributed by atoms with E-state index in [4.69, 9.17) is 21.1 Å². The number of fused-ring (bicyclic) bond motifs is 3. The van der Waals surface area contributed by atoms with Crippen molar-refractivity contribution in [1.29, 1.82) is 0 Å². The van der Waals surface area contributed by atoms with Gasteiger partial charge in [0.05, 0.1) is 33.0 Å². The van der Waals surface area contributed by atoms with Crippen molar-refractivity contribution in [1.82, 2.24) is 19.3 Å². The van der Waals surface area contributed by atoms with Crippen LogP contribution in [-0.2, 0) is 13.0 Å². The molecule has 9 rings (SSSR count). The normalized spacial score (nSPS) is 16.6. The zero-order valence-electron chi connectivity index (χ0n) is 31.1. The molecule has 10 nitrogen and oxygen atoms in total. The van der Waals surface area contributed by atoms with Gasteiger partial charge in [0.25, 0.3) is 11.8 Å². The zero-order chi connectivity index (χ0) is 38.5. The van der Waals surface area contributed by atoms with E-state index in [1.54, 1.807) is 30.5 Å². The Bertz CT molecular complexity index is 2490. The summed E-state index contributed by atoms with van der Waals surface area (Å²) in [4.78, 5) is 38.3. The fourth-order valence-electron chi connectivity index (χ4n) is 8.05. The summed E-state index contributed by atoms with van der Waals surface area (Å²) < 4.78 is 27.9. The summed E-state index contributed by atoms with van der Waals surface area (Å²) in [7, 11) is 2.14. The van der Waals surface area contributed by atoms with Crippen LogP contribution in [0.1, 0.15) is 31.8 Å². The number of amides is 2. The van der Waals surface area contributed by atoms with Gasteiger partial charge in [-0.05, 0) is 79.2 Å². The Kier molecular flexibility index (Phi) is 10.6. The molecule has 6 aromatic rings. The van der Waals surface area contributed by atoms with Crippen molar-refractivity contribution in [2.24, 2.45) is 0 Å². The van der Waals surface area contributed by atoms with E-state index in [2.05, 4.69) is 35.0 Å². The molecule has 1 atom stereocenters. The number of aromatic nitrogens is 1. The first-order chi connectivity index (χ1) is 27.2. The molecule has 57 heavy (non-hydrogen) atoms. The zero-order valence-corrected chi connectivity index (χ0v) is 32.7. The molecule has 0 spiro atoms. The number of rotatable bonds is 7. The minimum atomic E-state index is -0.618. The van der Waals surface area contributed by atoms with Gasteiger partial charge < -0.3 is 28.9 Å². The van der Waals surface area contributed by atoms with Crippen LogP contribution in [0.2, 0.25) is 5.02 Å². The van der Waals surface area contributed by atoms with Gasteiger partial charge in [-0.25, -0.2) is 4.39 Å². The average molecular weight is 809 g/mol. The highest BCUT2D eigenvalue weighted by atomic mass is 35.5. The second-order valence-corrected chi connectivity index (χ2v) is 15.0. The lowest BCUT2D eigenvalue weighted by Gasteiger charge is -2.41. The Labute approximate surface area is 340 Å². The van der Waals surface area contributed by atoms with Crippen LogP contribution in [0.5, 0.6) is 17.2 Å². The van der Waals surface area contributed by atoms with Gasteiger partial charge in [-0.1, -0.05) is 54.1 Å². The Morgan fingerprint density at radius 2 is 1.53 bits per heavy atom.